The normalized spacial score (nSPS) is 25.7. The van der Waals surface area contributed by atoms with Gasteiger partial charge in [0.1, 0.15) is 0 Å². The zero-order valence-corrected chi connectivity index (χ0v) is 11.7. The summed E-state index contributed by atoms with van der Waals surface area (Å²) in [5.41, 5.74) is -0.627. The summed E-state index contributed by atoms with van der Waals surface area (Å²) in [6.07, 6.45) is 0. The van der Waals surface area contributed by atoms with Gasteiger partial charge in [-0.25, -0.2) is 0 Å². The van der Waals surface area contributed by atoms with Gasteiger partial charge < -0.3 is 5.11 Å². The zero-order valence-electron chi connectivity index (χ0n) is 11.7. The summed E-state index contributed by atoms with van der Waals surface area (Å²) in [6, 6.07) is 1.31. The van der Waals surface area contributed by atoms with Crippen molar-refractivity contribution in [3.8, 4) is 0 Å². The Labute approximate surface area is 100 Å². The predicted octanol–water partition coefficient (Wildman–Crippen LogP) is 1.56. The van der Waals surface area contributed by atoms with Crippen LogP contribution in [0.2, 0.25) is 0 Å². The fourth-order valence-electron chi connectivity index (χ4n) is 2.53. The molecule has 0 radical (unpaired) electrons. The molecule has 0 aromatic heterocycles. The van der Waals surface area contributed by atoms with E-state index in [-0.39, 0.29) is 6.04 Å². The molecule has 0 aromatic carbocycles. The van der Waals surface area contributed by atoms with Crippen LogP contribution in [0, 0.1) is 0 Å². The van der Waals surface area contributed by atoms with Gasteiger partial charge in [-0.1, -0.05) is 0 Å². The van der Waals surface area contributed by atoms with Crippen LogP contribution in [0.5, 0.6) is 0 Å². The lowest BCUT2D eigenvalue weighted by molar-refractivity contribution is -0.0736. The lowest BCUT2D eigenvalue weighted by Gasteiger charge is -2.49. The van der Waals surface area contributed by atoms with Crippen LogP contribution in [0.4, 0.5) is 0 Å². The van der Waals surface area contributed by atoms with E-state index < -0.39 is 5.60 Å². The first-order chi connectivity index (χ1) is 7.23. The van der Waals surface area contributed by atoms with Crippen LogP contribution in [0.1, 0.15) is 41.5 Å². The standard InChI is InChI=1S/C13H28N2O/c1-10(2)14-7-8-15(11(3)4)12(9-14)13(5,6)16/h10-12,16H,7-9H2,1-6H3. The van der Waals surface area contributed by atoms with Crippen LogP contribution < -0.4 is 0 Å². The van der Waals surface area contributed by atoms with Gasteiger partial charge in [-0.15, -0.1) is 0 Å². The molecular weight excluding hydrogens is 200 g/mol. The van der Waals surface area contributed by atoms with Crippen molar-refractivity contribution < 1.29 is 5.11 Å². The predicted molar refractivity (Wildman–Crippen MR) is 68.6 cm³/mol. The third-order valence-electron chi connectivity index (χ3n) is 3.66. The Morgan fingerprint density at radius 1 is 1.06 bits per heavy atom. The second kappa shape index (κ2) is 5.03. The fraction of sp³-hybridized carbons (Fsp3) is 1.00. The topological polar surface area (TPSA) is 26.7 Å². The molecule has 16 heavy (non-hydrogen) atoms. The molecular formula is C13H28N2O. The monoisotopic (exact) mass is 228 g/mol. The molecule has 96 valence electrons. The molecule has 1 saturated heterocycles. The van der Waals surface area contributed by atoms with Crippen molar-refractivity contribution in [3.63, 3.8) is 0 Å². The van der Waals surface area contributed by atoms with Crippen LogP contribution in [0.3, 0.4) is 0 Å². The lowest BCUT2D eigenvalue weighted by Crippen LogP contribution is -2.63. The van der Waals surface area contributed by atoms with Crippen molar-refractivity contribution in [1.29, 1.82) is 0 Å². The van der Waals surface area contributed by atoms with E-state index in [1.54, 1.807) is 0 Å². The summed E-state index contributed by atoms with van der Waals surface area (Å²) in [7, 11) is 0. The van der Waals surface area contributed by atoms with E-state index in [4.69, 9.17) is 0 Å². The molecule has 1 aliphatic rings. The van der Waals surface area contributed by atoms with E-state index in [1.165, 1.54) is 0 Å². The second-order valence-electron chi connectivity index (χ2n) is 6.09. The highest BCUT2D eigenvalue weighted by molar-refractivity contribution is 4.94. The maximum absolute atomic E-state index is 10.3. The number of hydrogen-bond acceptors (Lipinski definition) is 3. The van der Waals surface area contributed by atoms with Crippen molar-refractivity contribution in [1.82, 2.24) is 9.80 Å². The third-order valence-corrected chi connectivity index (χ3v) is 3.66. The fourth-order valence-corrected chi connectivity index (χ4v) is 2.53. The first-order valence-corrected chi connectivity index (χ1v) is 6.45. The molecule has 3 nitrogen and oxygen atoms in total. The Morgan fingerprint density at radius 2 is 1.62 bits per heavy atom. The number of piperazine rings is 1. The van der Waals surface area contributed by atoms with E-state index in [0.29, 0.717) is 12.1 Å². The number of nitrogens with zero attached hydrogens (tertiary/aromatic N) is 2. The third kappa shape index (κ3) is 3.19. The van der Waals surface area contributed by atoms with E-state index >= 15 is 0 Å². The molecule has 0 spiro atoms. The molecule has 0 saturated carbocycles. The molecule has 1 rings (SSSR count). The summed E-state index contributed by atoms with van der Waals surface area (Å²) in [5.74, 6) is 0. The molecule has 0 aliphatic carbocycles. The molecule has 0 amide bonds. The van der Waals surface area contributed by atoms with Gasteiger partial charge >= 0.3 is 0 Å². The van der Waals surface area contributed by atoms with Gasteiger partial charge in [0.05, 0.1) is 11.6 Å². The van der Waals surface area contributed by atoms with Gasteiger partial charge in [-0.05, 0) is 41.5 Å². The number of rotatable bonds is 3. The lowest BCUT2D eigenvalue weighted by atomic mass is 9.93. The van der Waals surface area contributed by atoms with Crippen molar-refractivity contribution in [3.05, 3.63) is 0 Å². The van der Waals surface area contributed by atoms with Gasteiger partial charge in [0.15, 0.2) is 0 Å². The van der Waals surface area contributed by atoms with E-state index in [2.05, 4.69) is 37.5 Å². The van der Waals surface area contributed by atoms with Crippen LogP contribution in [-0.2, 0) is 0 Å². The molecule has 1 aliphatic heterocycles. The maximum atomic E-state index is 10.3. The largest absolute Gasteiger partial charge is 0.389 e. The quantitative estimate of drug-likeness (QED) is 0.794. The molecule has 0 bridgehead atoms. The molecule has 1 heterocycles. The molecule has 1 atom stereocenters. The Hall–Kier alpha value is -0.120. The highest BCUT2D eigenvalue weighted by atomic mass is 16.3. The minimum Gasteiger partial charge on any atom is -0.389 e. The molecule has 1 N–H and O–H groups in total. The smallest absolute Gasteiger partial charge is 0.0758 e. The zero-order chi connectivity index (χ0) is 12.5. The maximum Gasteiger partial charge on any atom is 0.0758 e. The highest BCUT2D eigenvalue weighted by Crippen LogP contribution is 2.23. The van der Waals surface area contributed by atoms with Gasteiger partial charge in [0.2, 0.25) is 0 Å². The van der Waals surface area contributed by atoms with Crippen molar-refractivity contribution in [2.45, 2.75) is 65.3 Å². The van der Waals surface area contributed by atoms with Crippen LogP contribution >= 0.6 is 0 Å². The summed E-state index contributed by atoms with van der Waals surface area (Å²) in [4.78, 5) is 4.89. The van der Waals surface area contributed by atoms with Crippen molar-refractivity contribution in [2.75, 3.05) is 19.6 Å². The second-order valence-corrected chi connectivity index (χ2v) is 6.09. The van der Waals surface area contributed by atoms with E-state index in [0.717, 1.165) is 19.6 Å². The van der Waals surface area contributed by atoms with E-state index in [1.807, 2.05) is 13.8 Å². The number of hydrogen-bond donors (Lipinski definition) is 1. The average Bonchev–Trinajstić information content (AvgIpc) is 2.15. The van der Waals surface area contributed by atoms with Crippen molar-refractivity contribution >= 4 is 0 Å². The Balaban J connectivity index is 2.78. The Kier molecular flexibility index (Phi) is 4.38. The Bertz CT molecular complexity index is 220. The first kappa shape index (κ1) is 13.9. The summed E-state index contributed by atoms with van der Waals surface area (Å²) >= 11 is 0. The number of aliphatic hydroxyl groups is 1. The SMILES string of the molecule is CC(C)N1CCN(C(C)C)C(C(C)(C)O)C1. The van der Waals surface area contributed by atoms with Crippen LogP contribution in [-0.4, -0.2) is 58.3 Å². The molecule has 0 aromatic rings. The molecule has 1 fully saturated rings. The van der Waals surface area contributed by atoms with Crippen molar-refractivity contribution in [2.24, 2.45) is 0 Å². The van der Waals surface area contributed by atoms with Gasteiger partial charge in [0.25, 0.3) is 0 Å². The van der Waals surface area contributed by atoms with E-state index in [9.17, 15) is 5.11 Å². The summed E-state index contributed by atoms with van der Waals surface area (Å²) in [5, 5.41) is 10.3. The first-order valence-electron chi connectivity index (χ1n) is 6.45. The van der Waals surface area contributed by atoms with Crippen LogP contribution in [0.25, 0.3) is 0 Å². The minimum absolute atomic E-state index is 0.239. The summed E-state index contributed by atoms with van der Waals surface area (Å²) in [6.45, 7) is 15.9. The average molecular weight is 228 g/mol. The molecule has 1 unspecified atom stereocenters. The minimum atomic E-state index is -0.627. The molecule has 3 heteroatoms. The van der Waals surface area contributed by atoms with Gasteiger partial charge in [-0.2, -0.15) is 0 Å². The highest BCUT2D eigenvalue weighted by Gasteiger charge is 2.38. The van der Waals surface area contributed by atoms with Gasteiger partial charge in [0, 0.05) is 31.7 Å². The van der Waals surface area contributed by atoms with Gasteiger partial charge in [-0.3, -0.25) is 9.80 Å². The summed E-state index contributed by atoms with van der Waals surface area (Å²) < 4.78 is 0. The Morgan fingerprint density at radius 3 is 2.00 bits per heavy atom. The van der Waals surface area contributed by atoms with Crippen LogP contribution in [0.15, 0.2) is 0 Å².